The summed E-state index contributed by atoms with van der Waals surface area (Å²) in [6.07, 6.45) is 1.66. The molecule has 0 aliphatic carbocycles. The summed E-state index contributed by atoms with van der Waals surface area (Å²) < 4.78 is 5.81. The van der Waals surface area contributed by atoms with E-state index in [9.17, 15) is 4.79 Å². The zero-order valence-corrected chi connectivity index (χ0v) is 18.1. The molecule has 1 aliphatic heterocycles. The molecule has 0 N–H and O–H groups in total. The lowest BCUT2D eigenvalue weighted by molar-refractivity contribution is -0.132. The molecule has 0 saturated heterocycles. The number of aromatic nitrogens is 2. The molecule has 1 aliphatic rings. The highest BCUT2D eigenvalue weighted by Crippen LogP contribution is 2.26. The Balaban J connectivity index is 1.41. The molecule has 4 rings (SSSR count). The van der Waals surface area contributed by atoms with Crippen molar-refractivity contribution in [1.82, 2.24) is 20.1 Å². The van der Waals surface area contributed by atoms with E-state index in [0.29, 0.717) is 35.5 Å². The lowest BCUT2D eigenvalue weighted by atomic mass is 10.1. The Bertz CT molecular complexity index is 1070. The lowest BCUT2D eigenvalue weighted by Crippen LogP contribution is -2.37. The Labute approximate surface area is 186 Å². The van der Waals surface area contributed by atoms with Crippen LogP contribution in [0.1, 0.15) is 31.2 Å². The number of hydrogen-bond donors (Lipinski definition) is 0. The second-order valence-electron chi connectivity index (χ2n) is 7.37. The van der Waals surface area contributed by atoms with E-state index < -0.39 is 0 Å². The maximum absolute atomic E-state index is 12.9. The van der Waals surface area contributed by atoms with Gasteiger partial charge >= 0.3 is 0 Å². The molecule has 0 unspecified atom stereocenters. The number of carbonyl (C=O) groups excluding carboxylic acids is 1. The van der Waals surface area contributed by atoms with Crippen LogP contribution in [0.15, 0.2) is 64.1 Å². The standard InChI is InChI=1S/C23H24ClN5O2/c1-2-13-28(15-21-25-26-23(31-21)18-10-6-7-11-19(18)24)16-22(30)29-14-12-20(27-29)17-8-4-3-5-9-17/h3-11H,2,12-16H2,1H3. The molecule has 1 amide bonds. The minimum Gasteiger partial charge on any atom is -0.419 e. The van der Waals surface area contributed by atoms with Crippen molar-refractivity contribution in [3.63, 3.8) is 0 Å². The van der Waals surface area contributed by atoms with E-state index in [-0.39, 0.29) is 12.5 Å². The van der Waals surface area contributed by atoms with Crippen LogP contribution in [0.3, 0.4) is 0 Å². The van der Waals surface area contributed by atoms with E-state index in [0.717, 1.165) is 30.7 Å². The predicted octanol–water partition coefficient (Wildman–Crippen LogP) is 4.24. The normalized spacial score (nSPS) is 13.6. The maximum atomic E-state index is 12.9. The van der Waals surface area contributed by atoms with Gasteiger partial charge in [-0.3, -0.25) is 9.69 Å². The SMILES string of the molecule is CCCN(CC(=O)N1CCC(c2ccccc2)=N1)Cc1nnc(-c2ccccc2Cl)o1. The molecule has 2 heterocycles. The van der Waals surface area contributed by atoms with Crippen molar-refractivity contribution in [3.8, 4) is 11.5 Å². The first kappa shape index (κ1) is 21.2. The van der Waals surface area contributed by atoms with Gasteiger partial charge in [-0.25, -0.2) is 5.01 Å². The van der Waals surface area contributed by atoms with E-state index in [2.05, 4.69) is 22.2 Å². The molecule has 8 heteroatoms. The van der Waals surface area contributed by atoms with Gasteiger partial charge in [-0.2, -0.15) is 5.10 Å². The second kappa shape index (κ2) is 9.85. The third-order valence-corrected chi connectivity index (χ3v) is 5.36. The van der Waals surface area contributed by atoms with Crippen molar-refractivity contribution in [3.05, 3.63) is 71.1 Å². The van der Waals surface area contributed by atoms with Crippen molar-refractivity contribution in [2.24, 2.45) is 5.10 Å². The smallest absolute Gasteiger partial charge is 0.256 e. The first-order valence-electron chi connectivity index (χ1n) is 10.4. The van der Waals surface area contributed by atoms with Gasteiger partial charge in [-0.1, -0.05) is 61.0 Å². The number of halogens is 1. The molecule has 0 bridgehead atoms. The van der Waals surface area contributed by atoms with Crippen molar-refractivity contribution < 1.29 is 9.21 Å². The van der Waals surface area contributed by atoms with Crippen LogP contribution in [-0.2, 0) is 11.3 Å². The van der Waals surface area contributed by atoms with Gasteiger partial charge < -0.3 is 4.42 Å². The molecular formula is C23H24ClN5O2. The number of hydrogen-bond acceptors (Lipinski definition) is 6. The van der Waals surface area contributed by atoms with Crippen LogP contribution in [0, 0.1) is 0 Å². The van der Waals surface area contributed by atoms with Crippen molar-refractivity contribution in [2.45, 2.75) is 26.3 Å². The minimum atomic E-state index is -0.0368. The molecular weight excluding hydrogens is 414 g/mol. The van der Waals surface area contributed by atoms with E-state index in [1.54, 1.807) is 11.1 Å². The first-order valence-corrected chi connectivity index (χ1v) is 10.7. The summed E-state index contributed by atoms with van der Waals surface area (Å²) in [4.78, 5) is 14.9. The molecule has 160 valence electrons. The zero-order valence-electron chi connectivity index (χ0n) is 17.4. The first-order chi connectivity index (χ1) is 15.1. The topological polar surface area (TPSA) is 74.8 Å². The highest BCUT2D eigenvalue weighted by Gasteiger charge is 2.24. The molecule has 7 nitrogen and oxygen atoms in total. The average molecular weight is 438 g/mol. The van der Waals surface area contributed by atoms with Crippen LogP contribution in [0.2, 0.25) is 5.02 Å². The van der Waals surface area contributed by atoms with Gasteiger partial charge in [0.1, 0.15) is 0 Å². The Morgan fingerprint density at radius 3 is 2.68 bits per heavy atom. The lowest BCUT2D eigenvalue weighted by Gasteiger charge is -2.21. The largest absolute Gasteiger partial charge is 0.419 e. The number of amides is 1. The van der Waals surface area contributed by atoms with E-state index in [1.165, 1.54) is 0 Å². The quantitative estimate of drug-likeness (QED) is 0.527. The zero-order chi connectivity index (χ0) is 21.6. The van der Waals surface area contributed by atoms with Gasteiger partial charge in [0.25, 0.3) is 5.91 Å². The number of nitrogens with zero attached hydrogens (tertiary/aromatic N) is 5. The Morgan fingerprint density at radius 2 is 1.90 bits per heavy atom. The summed E-state index contributed by atoms with van der Waals surface area (Å²) in [6, 6.07) is 17.3. The van der Waals surface area contributed by atoms with Gasteiger partial charge in [0.2, 0.25) is 11.8 Å². The summed E-state index contributed by atoms with van der Waals surface area (Å²) in [5.41, 5.74) is 2.69. The Morgan fingerprint density at radius 1 is 1.13 bits per heavy atom. The molecule has 1 aromatic heterocycles. The maximum Gasteiger partial charge on any atom is 0.256 e. The number of carbonyl (C=O) groups is 1. The molecule has 2 aromatic carbocycles. The number of rotatable bonds is 8. The van der Waals surface area contributed by atoms with Gasteiger partial charge in [0, 0.05) is 6.42 Å². The summed E-state index contributed by atoms with van der Waals surface area (Å²) in [7, 11) is 0. The number of benzene rings is 2. The highest BCUT2D eigenvalue weighted by molar-refractivity contribution is 6.33. The fourth-order valence-corrected chi connectivity index (χ4v) is 3.74. The number of hydrazone groups is 1. The third kappa shape index (κ3) is 5.18. The van der Waals surface area contributed by atoms with Gasteiger partial charge in [0.15, 0.2) is 0 Å². The van der Waals surface area contributed by atoms with E-state index in [4.69, 9.17) is 16.0 Å². The van der Waals surface area contributed by atoms with E-state index >= 15 is 0 Å². The fourth-order valence-electron chi connectivity index (χ4n) is 3.53. The van der Waals surface area contributed by atoms with Gasteiger partial charge in [0.05, 0.1) is 35.9 Å². The van der Waals surface area contributed by atoms with Crippen LogP contribution in [0.4, 0.5) is 0 Å². The van der Waals surface area contributed by atoms with Gasteiger partial charge in [-0.15, -0.1) is 10.2 Å². The monoisotopic (exact) mass is 437 g/mol. The Kier molecular flexibility index (Phi) is 6.74. The molecule has 3 aromatic rings. The average Bonchev–Trinajstić information content (AvgIpc) is 3.45. The van der Waals surface area contributed by atoms with Crippen LogP contribution in [0.5, 0.6) is 0 Å². The molecule has 0 radical (unpaired) electrons. The summed E-state index contributed by atoms with van der Waals surface area (Å²) in [5, 5.41) is 14.9. The van der Waals surface area contributed by atoms with Crippen LogP contribution >= 0.6 is 11.6 Å². The molecule has 0 fully saturated rings. The molecule has 31 heavy (non-hydrogen) atoms. The predicted molar refractivity (Wildman–Crippen MR) is 120 cm³/mol. The fraction of sp³-hybridized carbons (Fsp3) is 0.304. The van der Waals surface area contributed by atoms with Crippen LogP contribution < -0.4 is 0 Å². The van der Waals surface area contributed by atoms with Crippen LogP contribution in [-0.4, -0.2) is 51.4 Å². The van der Waals surface area contributed by atoms with Crippen LogP contribution in [0.25, 0.3) is 11.5 Å². The van der Waals surface area contributed by atoms with Crippen molar-refractivity contribution in [1.29, 1.82) is 0 Å². The summed E-state index contributed by atoms with van der Waals surface area (Å²) >= 11 is 6.22. The molecule has 0 spiro atoms. The minimum absolute atomic E-state index is 0.0368. The van der Waals surface area contributed by atoms with Crippen molar-refractivity contribution >= 4 is 23.2 Å². The van der Waals surface area contributed by atoms with E-state index in [1.807, 2.05) is 53.4 Å². The molecule has 0 atom stereocenters. The Hall–Kier alpha value is -3.03. The summed E-state index contributed by atoms with van der Waals surface area (Å²) in [6.45, 7) is 4.03. The third-order valence-electron chi connectivity index (χ3n) is 5.03. The molecule has 0 saturated carbocycles. The van der Waals surface area contributed by atoms with Gasteiger partial charge in [-0.05, 0) is 30.7 Å². The highest BCUT2D eigenvalue weighted by atomic mass is 35.5. The summed E-state index contributed by atoms with van der Waals surface area (Å²) in [5.74, 6) is 0.788. The van der Waals surface area contributed by atoms with Crippen molar-refractivity contribution in [2.75, 3.05) is 19.6 Å². The second-order valence-corrected chi connectivity index (χ2v) is 7.78.